The molecule has 0 amide bonds. The summed E-state index contributed by atoms with van der Waals surface area (Å²) in [6.07, 6.45) is 5.72. The van der Waals surface area contributed by atoms with E-state index in [0.29, 0.717) is 13.1 Å². The fourth-order valence-corrected chi connectivity index (χ4v) is 2.24. The van der Waals surface area contributed by atoms with E-state index >= 15 is 0 Å². The molecule has 5 heteroatoms. The second-order valence-electron chi connectivity index (χ2n) is 4.55. The van der Waals surface area contributed by atoms with E-state index in [1.807, 2.05) is 36.7 Å². The summed E-state index contributed by atoms with van der Waals surface area (Å²) in [5.41, 5.74) is 2.44. The molecule has 0 saturated carbocycles. The molecule has 114 valence electrons. The summed E-state index contributed by atoms with van der Waals surface area (Å²) in [5.74, 6) is 0. The Morgan fingerprint density at radius 3 is 2.64 bits per heavy atom. The van der Waals surface area contributed by atoms with Crippen molar-refractivity contribution < 1.29 is 9.53 Å². The summed E-state index contributed by atoms with van der Waals surface area (Å²) >= 11 is 5.97. The first kappa shape index (κ1) is 16.0. The molecule has 3 rings (SSSR count). The maximum absolute atomic E-state index is 9.18. The SMILES string of the molecule is CCOC=O.Clc1ccc2c(ccn2Cc2ccncc2)c1. The Balaban J connectivity index is 0.000000309. The predicted octanol–water partition coefficient (Wildman–Crippen LogP) is 3.92. The van der Waals surface area contributed by atoms with Gasteiger partial charge in [-0.05, 0) is 48.9 Å². The zero-order valence-electron chi connectivity index (χ0n) is 12.3. The third kappa shape index (κ3) is 4.33. The van der Waals surface area contributed by atoms with Crippen LogP contribution in [-0.4, -0.2) is 22.6 Å². The molecule has 1 aromatic carbocycles. The average molecular weight is 317 g/mol. The summed E-state index contributed by atoms with van der Waals surface area (Å²) in [6, 6.07) is 12.1. The van der Waals surface area contributed by atoms with Crippen LogP contribution in [-0.2, 0) is 16.1 Å². The minimum absolute atomic E-state index is 0.431. The van der Waals surface area contributed by atoms with Crippen molar-refractivity contribution in [2.75, 3.05) is 6.61 Å². The number of halogens is 1. The number of nitrogens with zero attached hydrogens (tertiary/aromatic N) is 2. The number of rotatable bonds is 4. The normalized spacial score (nSPS) is 9.91. The van der Waals surface area contributed by atoms with Crippen molar-refractivity contribution in [2.45, 2.75) is 13.5 Å². The first-order valence-corrected chi connectivity index (χ1v) is 7.31. The molecule has 2 aromatic heterocycles. The molecule has 0 spiro atoms. The Hall–Kier alpha value is -2.33. The minimum Gasteiger partial charge on any atom is -0.468 e. The summed E-state index contributed by atoms with van der Waals surface area (Å²) in [4.78, 5) is 13.2. The highest BCUT2D eigenvalue weighted by Gasteiger charge is 2.02. The van der Waals surface area contributed by atoms with Crippen LogP contribution in [0.5, 0.6) is 0 Å². The highest BCUT2D eigenvalue weighted by atomic mass is 35.5. The van der Waals surface area contributed by atoms with Crippen LogP contribution in [0.4, 0.5) is 0 Å². The van der Waals surface area contributed by atoms with E-state index in [4.69, 9.17) is 11.6 Å². The Morgan fingerprint density at radius 1 is 1.23 bits per heavy atom. The van der Waals surface area contributed by atoms with Crippen molar-refractivity contribution in [3.8, 4) is 0 Å². The molecule has 0 N–H and O–H groups in total. The molecule has 0 atom stereocenters. The zero-order valence-corrected chi connectivity index (χ0v) is 13.0. The van der Waals surface area contributed by atoms with Gasteiger partial charge >= 0.3 is 0 Å². The van der Waals surface area contributed by atoms with Gasteiger partial charge in [-0.25, -0.2) is 0 Å². The average Bonchev–Trinajstić information content (AvgIpc) is 2.92. The molecule has 0 radical (unpaired) electrons. The topological polar surface area (TPSA) is 44.1 Å². The van der Waals surface area contributed by atoms with Gasteiger partial charge in [0.2, 0.25) is 0 Å². The van der Waals surface area contributed by atoms with Gasteiger partial charge in [-0.1, -0.05) is 11.6 Å². The molecule has 4 nitrogen and oxygen atoms in total. The van der Waals surface area contributed by atoms with Gasteiger partial charge in [0.15, 0.2) is 0 Å². The highest BCUT2D eigenvalue weighted by Crippen LogP contribution is 2.21. The molecular formula is C17H17ClN2O2. The van der Waals surface area contributed by atoms with Crippen LogP contribution in [0.15, 0.2) is 55.0 Å². The van der Waals surface area contributed by atoms with Crippen LogP contribution in [0, 0.1) is 0 Å². The minimum atomic E-state index is 0.431. The molecule has 0 saturated heterocycles. The molecule has 0 bridgehead atoms. The van der Waals surface area contributed by atoms with Crippen molar-refractivity contribution in [1.29, 1.82) is 0 Å². The maximum Gasteiger partial charge on any atom is 0.293 e. The van der Waals surface area contributed by atoms with E-state index in [2.05, 4.69) is 32.6 Å². The first-order valence-electron chi connectivity index (χ1n) is 6.93. The smallest absolute Gasteiger partial charge is 0.293 e. The third-order valence-corrected chi connectivity index (χ3v) is 3.31. The van der Waals surface area contributed by atoms with Gasteiger partial charge in [0.1, 0.15) is 0 Å². The second-order valence-corrected chi connectivity index (χ2v) is 4.99. The van der Waals surface area contributed by atoms with Gasteiger partial charge in [-0.3, -0.25) is 9.78 Å². The number of hydrogen-bond acceptors (Lipinski definition) is 3. The number of aromatic nitrogens is 2. The number of carbonyl (C=O) groups excluding carboxylic acids is 1. The summed E-state index contributed by atoms with van der Waals surface area (Å²) in [7, 11) is 0. The summed E-state index contributed by atoms with van der Waals surface area (Å²) < 4.78 is 6.36. The molecule has 0 aliphatic heterocycles. The second kappa shape index (κ2) is 8.20. The lowest BCUT2D eigenvalue weighted by atomic mass is 10.2. The van der Waals surface area contributed by atoms with E-state index in [0.717, 1.165) is 11.6 Å². The Kier molecular flexibility index (Phi) is 5.98. The van der Waals surface area contributed by atoms with Crippen LogP contribution in [0.25, 0.3) is 10.9 Å². The molecule has 2 heterocycles. The van der Waals surface area contributed by atoms with Gasteiger partial charge in [0, 0.05) is 41.1 Å². The van der Waals surface area contributed by atoms with Gasteiger partial charge in [-0.2, -0.15) is 0 Å². The molecule has 0 aliphatic carbocycles. The Bertz CT molecular complexity index is 726. The van der Waals surface area contributed by atoms with Crippen LogP contribution >= 0.6 is 11.6 Å². The van der Waals surface area contributed by atoms with E-state index < -0.39 is 0 Å². The Morgan fingerprint density at radius 2 is 2.00 bits per heavy atom. The number of fused-ring (bicyclic) bond motifs is 1. The van der Waals surface area contributed by atoms with Gasteiger partial charge in [0.25, 0.3) is 6.47 Å². The standard InChI is InChI=1S/C14H11ClN2.C3H6O2/c15-13-1-2-14-12(9-13)5-8-17(14)10-11-3-6-16-7-4-11;1-2-5-3-4/h1-9H,10H2;3H,2H2,1H3. The van der Waals surface area contributed by atoms with E-state index in [1.54, 1.807) is 6.92 Å². The number of ether oxygens (including phenoxy) is 1. The lowest BCUT2D eigenvalue weighted by molar-refractivity contribution is -0.128. The maximum atomic E-state index is 9.18. The third-order valence-electron chi connectivity index (χ3n) is 3.07. The number of benzene rings is 1. The first-order chi connectivity index (χ1) is 10.7. The molecule has 0 aliphatic rings. The Labute approximate surface area is 134 Å². The fraction of sp³-hybridized carbons (Fsp3) is 0.176. The monoisotopic (exact) mass is 316 g/mol. The number of pyridine rings is 1. The zero-order chi connectivity index (χ0) is 15.8. The predicted molar refractivity (Wildman–Crippen MR) is 88.0 cm³/mol. The largest absolute Gasteiger partial charge is 0.468 e. The van der Waals surface area contributed by atoms with Gasteiger partial charge in [-0.15, -0.1) is 0 Å². The fourth-order valence-electron chi connectivity index (χ4n) is 2.06. The van der Waals surface area contributed by atoms with Crippen molar-refractivity contribution in [3.05, 3.63) is 65.6 Å². The number of carbonyl (C=O) groups is 1. The summed E-state index contributed by atoms with van der Waals surface area (Å²) in [6.45, 7) is 3.52. The van der Waals surface area contributed by atoms with E-state index in [1.165, 1.54) is 16.5 Å². The van der Waals surface area contributed by atoms with Crippen LogP contribution in [0.1, 0.15) is 12.5 Å². The van der Waals surface area contributed by atoms with Crippen LogP contribution in [0.2, 0.25) is 5.02 Å². The van der Waals surface area contributed by atoms with Crippen LogP contribution in [0.3, 0.4) is 0 Å². The number of hydrogen-bond donors (Lipinski definition) is 0. The van der Waals surface area contributed by atoms with Crippen molar-refractivity contribution in [2.24, 2.45) is 0 Å². The quantitative estimate of drug-likeness (QED) is 0.685. The van der Waals surface area contributed by atoms with Gasteiger partial charge in [0.05, 0.1) is 6.61 Å². The summed E-state index contributed by atoms with van der Waals surface area (Å²) in [5, 5.41) is 1.95. The van der Waals surface area contributed by atoms with E-state index in [9.17, 15) is 4.79 Å². The van der Waals surface area contributed by atoms with Crippen LogP contribution < -0.4 is 0 Å². The van der Waals surface area contributed by atoms with Crippen molar-refractivity contribution >= 4 is 29.0 Å². The molecule has 3 aromatic rings. The molecule has 0 unspecified atom stereocenters. The highest BCUT2D eigenvalue weighted by molar-refractivity contribution is 6.31. The molecular weight excluding hydrogens is 300 g/mol. The lowest BCUT2D eigenvalue weighted by Gasteiger charge is -2.05. The van der Waals surface area contributed by atoms with Crippen molar-refractivity contribution in [3.63, 3.8) is 0 Å². The lowest BCUT2D eigenvalue weighted by Crippen LogP contribution is -1.97. The molecule has 22 heavy (non-hydrogen) atoms. The van der Waals surface area contributed by atoms with Crippen molar-refractivity contribution in [1.82, 2.24) is 9.55 Å². The van der Waals surface area contributed by atoms with E-state index in [-0.39, 0.29) is 0 Å². The molecule has 0 fully saturated rings. The van der Waals surface area contributed by atoms with Gasteiger partial charge < -0.3 is 9.30 Å².